The van der Waals surface area contributed by atoms with E-state index in [0.29, 0.717) is 0 Å². The number of hydrogen-bond acceptors (Lipinski definition) is 6. The van der Waals surface area contributed by atoms with Gasteiger partial charge in [-0.2, -0.15) is 0 Å². The maximum atomic E-state index is 12.9. The molecule has 0 spiro atoms. The number of aromatic hydroxyl groups is 2. The molecule has 6 heteroatoms. The normalized spacial score (nSPS) is 14.5. The molecule has 2 rings (SSSR count). The zero-order chi connectivity index (χ0) is 20.8. The van der Waals surface area contributed by atoms with E-state index in [-0.39, 0.29) is 35.3 Å². The molecule has 0 saturated heterocycles. The van der Waals surface area contributed by atoms with E-state index in [4.69, 9.17) is 4.74 Å². The van der Waals surface area contributed by atoms with Crippen LogP contribution in [0.4, 0.5) is 0 Å². The van der Waals surface area contributed by atoms with Gasteiger partial charge < -0.3 is 14.9 Å². The molecule has 1 aliphatic rings. The zero-order valence-electron chi connectivity index (χ0n) is 16.2. The summed E-state index contributed by atoms with van der Waals surface area (Å²) in [4.78, 5) is 37.6. The lowest BCUT2D eigenvalue weighted by atomic mass is 9.85. The first kappa shape index (κ1) is 21.2. The van der Waals surface area contributed by atoms with E-state index in [2.05, 4.69) is 0 Å². The fourth-order valence-electron chi connectivity index (χ4n) is 2.86. The number of phenolic OH excluding ortho intramolecular Hbond substituents is 2. The van der Waals surface area contributed by atoms with Crippen LogP contribution in [0.2, 0.25) is 0 Å². The SMILES string of the molecule is CC/C=C/CC(=O)OC(CC=C(C)C)C1=CC(=O)c2c(O)ccc(O)c2C1=O. The third-order valence-electron chi connectivity index (χ3n) is 4.23. The van der Waals surface area contributed by atoms with Crippen LogP contribution < -0.4 is 0 Å². The molecule has 0 heterocycles. The van der Waals surface area contributed by atoms with Crippen LogP contribution >= 0.6 is 0 Å². The number of carbonyl (C=O) groups excluding carboxylic acids is 3. The summed E-state index contributed by atoms with van der Waals surface area (Å²) in [7, 11) is 0. The van der Waals surface area contributed by atoms with E-state index >= 15 is 0 Å². The van der Waals surface area contributed by atoms with Crippen molar-refractivity contribution in [2.24, 2.45) is 0 Å². The number of Topliss-reactive ketones (excluding diaryl/α,β-unsaturated/α-hetero) is 1. The minimum absolute atomic E-state index is 0.0243. The first-order valence-corrected chi connectivity index (χ1v) is 9.09. The maximum Gasteiger partial charge on any atom is 0.310 e. The highest BCUT2D eigenvalue weighted by Crippen LogP contribution is 2.36. The van der Waals surface area contributed by atoms with Gasteiger partial charge in [0, 0.05) is 12.0 Å². The van der Waals surface area contributed by atoms with Gasteiger partial charge >= 0.3 is 5.97 Å². The Morgan fingerprint density at radius 2 is 1.75 bits per heavy atom. The van der Waals surface area contributed by atoms with Crippen molar-refractivity contribution in [2.75, 3.05) is 0 Å². The predicted molar refractivity (Wildman–Crippen MR) is 104 cm³/mol. The largest absolute Gasteiger partial charge is 0.507 e. The minimum atomic E-state index is -0.969. The number of esters is 1. The number of ketones is 2. The van der Waals surface area contributed by atoms with Gasteiger partial charge in [-0.1, -0.05) is 30.7 Å². The second-order valence-electron chi connectivity index (χ2n) is 6.73. The second-order valence-corrected chi connectivity index (χ2v) is 6.73. The molecule has 0 fully saturated rings. The molecule has 2 N–H and O–H groups in total. The Morgan fingerprint density at radius 1 is 1.11 bits per heavy atom. The summed E-state index contributed by atoms with van der Waals surface area (Å²) in [6, 6.07) is 2.30. The van der Waals surface area contributed by atoms with E-state index in [1.807, 2.05) is 26.8 Å². The third kappa shape index (κ3) is 4.76. The summed E-state index contributed by atoms with van der Waals surface area (Å²) in [6.45, 7) is 5.67. The van der Waals surface area contributed by atoms with Crippen molar-refractivity contribution in [2.45, 2.75) is 46.1 Å². The quantitative estimate of drug-likeness (QED) is 0.418. The molecule has 1 aliphatic carbocycles. The highest BCUT2D eigenvalue weighted by molar-refractivity contribution is 6.27. The summed E-state index contributed by atoms with van der Waals surface area (Å²) >= 11 is 0. The van der Waals surface area contributed by atoms with Crippen molar-refractivity contribution in [3.05, 3.63) is 58.7 Å². The summed E-state index contributed by atoms with van der Waals surface area (Å²) in [5.41, 5.74) is 0.422. The van der Waals surface area contributed by atoms with Gasteiger partial charge in [-0.3, -0.25) is 14.4 Å². The lowest BCUT2D eigenvalue weighted by Crippen LogP contribution is -2.29. The smallest absolute Gasteiger partial charge is 0.310 e. The minimum Gasteiger partial charge on any atom is -0.507 e. The first-order valence-electron chi connectivity index (χ1n) is 9.09. The second kappa shape index (κ2) is 9.17. The number of fused-ring (bicyclic) bond motifs is 1. The fourth-order valence-corrected chi connectivity index (χ4v) is 2.86. The Labute approximate surface area is 163 Å². The highest BCUT2D eigenvalue weighted by Gasteiger charge is 2.35. The topological polar surface area (TPSA) is 101 Å². The predicted octanol–water partition coefficient (Wildman–Crippen LogP) is 4.03. The average Bonchev–Trinajstić information content (AvgIpc) is 2.63. The molecule has 28 heavy (non-hydrogen) atoms. The van der Waals surface area contributed by atoms with Crippen LogP contribution in [0.3, 0.4) is 0 Å². The van der Waals surface area contributed by atoms with Crippen molar-refractivity contribution >= 4 is 17.5 Å². The number of hydrogen-bond donors (Lipinski definition) is 2. The van der Waals surface area contributed by atoms with Gasteiger partial charge in [0.05, 0.1) is 17.5 Å². The Morgan fingerprint density at radius 3 is 2.36 bits per heavy atom. The summed E-state index contributed by atoms with van der Waals surface area (Å²) in [6.07, 6.45) is 6.47. The van der Waals surface area contributed by atoms with Gasteiger partial charge in [-0.25, -0.2) is 0 Å². The zero-order valence-corrected chi connectivity index (χ0v) is 16.2. The molecule has 6 nitrogen and oxygen atoms in total. The molecule has 1 aromatic carbocycles. The van der Waals surface area contributed by atoms with Crippen LogP contribution in [0, 0.1) is 0 Å². The van der Waals surface area contributed by atoms with Crippen LogP contribution in [-0.4, -0.2) is 33.9 Å². The van der Waals surface area contributed by atoms with Crippen LogP contribution in [0.25, 0.3) is 0 Å². The standard InChI is InChI=1S/C22H24O6/c1-4-5-6-7-19(26)28-18(11-8-13(2)3)14-12-17(25)20-15(23)9-10-16(24)21(20)22(14)27/h5-6,8-10,12,18,23-24H,4,7,11H2,1-3H3/b6-5+. The van der Waals surface area contributed by atoms with Crippen LogP contribution in [-0.2, 0) is 9.53 Å². The Hall–Kier alpha value is -3.15. The van der Waals surface area contributed by atoms with Gasteiger partial charge in [0.1, 0.15) is 17.6 Å². The molecule has 148 valence electrons. The molecule has 0 aromatic heterocycles. The maximum absolute atomic E-state index is 12.9. The van der Waals surface area contributed by atoms with Crippen molar-refractivity contribution in [1.82, 2.24) is 0 Å². The Bertz CT molecular complexity index is 885. The number of carbonyl (C=O) groups is 3. The van der Waals surface area contributed by atoms with Crippen molar-refractivity contribution in [3.8, 4) is 11.5 Å². The highest BCUT2D eigenvalue weighted by atomic mass is 16.5. The number of benzene rings is 1. The third-order valence-corrected chi connectivity index (χ3v) is 4.23. The van der Waals surface area contributed by atoms with Gasteiger partial charge in [-0.15, -0.1) is 0 Å². The Kier molecular flexibility index (Phi) is 6.93. The van der Waals surface area contributed by atoms with Gasteiger partial charge in [0.25, 0.3) is 0 Å². The number of allylic oxidation sites excluding steroid dienone is 3. The van der Waals surface area contributed by atoms with Crippen molar-refractivity contribution < 1.29 is 29.3 Å². The summed E-state index contributed by atoms with van der Waals surface area (Å²) in [5.74, 6) is -2.59. The molecular weight excluding hydrogens is 360 g/mol. The molecule has 0 saturated carbocycles. The number of ether oxygens (including phenoxy) is 1. The van der Waals surface area contributed by atoms with E-state index in [9.17, 15) is 24.6 Å². The average molecular weight is 384 g/mol. The summed E-state index contributed by atoms with van der Waals surface area (Å²) in [5, 5.41) is 20.0. The van der Waals surface area contributed by atoms with Crippen LogP contribution in [0.15, 0.2) is 47.6 Å². The van der Waals surface area contributed by atoms with E-state index < -0.39 is 29.4 Å². The molecule has 1 aromatic rings. The monoisotopic (exact) mass is 384 g/mol. The summed E-state index contributed by atoms with van der Waals surface area (Å²) < 4.78 is 5.47. The lowest BCUT2D eigenvalue weighted by Gasteiger charge is -2.23. The Balaban J connectivity index is 2.40. The molecule has 1 atom stereocenters. The number of rotatable bonds is 7. The van der Waals surface area contributed by atoms with Crippen molar-refractivity contribution in [3.63, 3.8) is 0 Å². The number of phenols is 2. The van der Waals surface area contributed by atoms with Gasteiger partial charge in [0.15, 0.2) is 11.6 Å². The lowest BCUT2D eigenvalue weighted by molar-refractivity contribution is -0.146. The first-order chi connectivity index (χ1) is 13.3. The van der Waals surface area contributed by atoms with E-state index in [1.165, 1.54) is 0 Å². The van der Waals surface area contributed by atoms with Crippen LogP contribution in [0.1, 0.15) is 60.7 Å². The molecule has 1 unspecified atom stereocenters. The molecule has 0 bridgehead atoms. The molecule has 0 amide bonds. The van der Waals surface area contributed by atoms with E-state index in [0.717, 1.165) is 30.2 Å². The fraction of sp³-hybridized carbons (Fsp3) is 0.318. The van der Waals surface area contributed by atoms with Gasteiger partial charge in [0.2, 0.25) is 0 Å². The molecule has 0 aliphatic heterocycles. The van der Waals surface area contributed by atoms with E-state index in [1.54, 1.807) is 12.2 Å². The van der Waals surface area contributed by atoms with Crippen LogP contribution in [0.5, 0.6) is 11.5 Å². The molecule has 0 radical (unpaired) electrons. The van der Waals surface area contributed by atoms with Gasteiger partial charge in [-0.05, 0) is 38.5 Å². The van der Waals surface area contributed by atoms with Crippen molar-refractivity contribution in [1.29, 1.82) is 0 Å². The molecular formula is C22H24O6.